The molecule has 11 aromatic carbocycles. The summed E-state index contributed by atoms with van der Waals surface area (Å²) < 4.78 is 2.46. The van der Waals surface area contributed by atoms with Crippen molar-refractivity contribution in [2.75, 3.05) is 4.90 Å². The fraction of sp³-hybridized carbons (Fsp3) is 0. The van der Waals surface area contributed by atoms with Gasteiger partial charge in [-0.3, -0.25) is 0 Å². The lowest BCUT2D eigenvalue weighted by atomic mass is 9.97. The van der Waals surface area contributed by atoms with Gasteiger partial charge in [-0.1, -0.05) is 200 Å². The number of anilines is 3. The van der Waals surface area contributed by atoms with Crippen LogP contribution in [0, 0.1) is 0 Å². The van der Waals surface area contributed by atoms with Crippen molar-refractivity contribution in [2.24, 2.45) is 0 Å². The molecule has 0 saturated carbocycles. The Kier molecular flexibility index (Phi) is 9.20. The number of hydrogen-bond donors (Lipinski definition) is 0. The molecular formula is C62H42N2. The number of aromatic nitrogens is 1. The Hall–Kier alpha value is -8.46. The van der Waals surface area contributed by atoms with Crippen molar-refractivity contribution < 1.29 is 0 Å². The van der Waals surface area contributed by atoms with Crippen LogP contribution >= 0.6 is 0 Å². The SMILES string of the molecule is c1ccc(-c2ccc(-c3ccc(N(c4ccc(-c5ccccc5)cc4)c4ccc(-c5ccc(-n6c7ccccc7c7c8ccccc8c8ccccc8c76)cc5)cc4)cc3)cc2)cc1. The summed E-state index contributed by atoms with van der Waals surface area (Å²) in [5, 5.41) is 7.68. The first-order valence-corrected chi connectivity index (χ1v) is 22.0. The standard InChI is InChI=1S/C62H42N2/c1-3-13-43(14-4-1)45-23-25-46(26-24-45)48-29-37-52(38-30-48)63(51-35-27-47(28-36-51)44-15-5-2-6-16-44)53-39-31-49(32-40-53)50-33-41-54(42-34-50)64-60-22-12-11-21-59(60)61-57-19-9-7-17-55(57)56-18-8-10-20-58(56)62(61)64/h1-42H. The molecule has 0 fully saturated rings. The predicted molar refractivity (Wildman–Crippen MR) is 272 cm³/mol. The number of rotatable bonds is 8. The lowest BCUT2D eigenvalue weighted by molar-refractivity contribution is 1.19. The number of benzene rings is 11. The fourth-order valence-electron chi connectivity index (χ4n) is 9.67. The minimum atomic E-state index is 1.09. The highest BCUT2D eigenvalue weighted by atomic mass is 15.1. The maximum Gasteiger partial charge on any atom is 0.0625 e. The van der Waals surface area contributed by atoms with E-state index in [1.807, 2.05) is 0 Å². The summed E-state index contributed by atoms with van der Waals surface area (Å²) in [6, 6.07) is 92.4. The van der Waals surface area contributed by atoms with Gasteiger partial charge in [0.05, 0.1) is 11.0 Å². The van der Waals surface area contributed by atoms with Gasteiger partial charge in [0.15, 0.2) is 0 Å². The molecule has 2 heteroatoms. The third-order valence-electron chi connectivity index (χ3n) is 12.8. The zero-order valence-corrected chi connectivity index (χ0v) is 35.1. The molecule has 12 aromatic rings. The fourth-order valence-corrected chi connectivity index (χ4v) is 9.67. The predicted octanol–water partition coefficient (Wildman–Crippen LogP) is 17.2. The van der Waals surface area contributed by atoms with E-state index < -0.39 is 0 Å². The van der Waals surface area contributed by atoms with Crippen LogP contribution < -0.4 is 4.90 Å². The van der Waals surface area contributed by atoms with Crippen molar-refractivity contribution in [3.8, 4) is 50.2 Å². The second-order valence-electron chi connectivity index (χ2n) is 16.5. The summed E-state index contributed by atoms with van der Waals surface area (Å²) in [5.74, 6) is 0. The van der Waals surface area contributed by atoms with Gasteiger partial charge in [0.2, 0.25) is 0 Å². The second-order valence-corrected chi connectivity index (χ2v) is 16.5. The number of nitrogens with zero attached hydrogens (tertiary/aromatic N) is 2. The van der Waals surface area contributed by atoms with Crippen molar-refractivity contribution in [1.82, 2.24) is 4.57 Å². The van der Waals surface area contributed by atoms with Gasteiger partial charge in [-0.25, -0.2) is 0 Å². The Labute approximate surface area is 373 Å². The molecule has 300 valence electrons. The Morgan fingerprint density at radius 2 is 0.547 bits per heavy atom. The Balaban J connectivity index is 0.894. The normalized spacial score (nSPS) is 11.4. The van der Waals surface area contributed by atoms with E-state index in [2.05, 4.69) is 264 Å². The van der Waals surface area contributed by atoms with E-state index in [1.54, 1.807) is 0 Å². The molecule has 0 radical (unpaired) electrons. The highest BCUT2D eigenvalue weighted by molar-refractivity contribution is 6.32. The first-order valence-electron chi connectivity index (χ1n) is 22.0. The van der Waals surface area contributed by atoms with Crippen LogP contribution in [0.3, 0.4) is 0 Å². The van der Waals surface area contributed by atoms with Crippen LogP contribution in [0.2, 0.25) is 0 Å². The molecule has 0 aliphatic carbocycles. The van der Waals surface area contributed by atoms with Crippen molar-refractivity contribution in [1.29, 1.82) is 0 Å². The lowest BCUT2D eigenvalue weighted by Gasteiger charge is -2.26. The lowest BCUT2D eigenvalue weighted by Crippen LogP contribution is -2.09. The molecule has 0 aliphatic heterocycles. The maximum absolute atomic E-state index is 2.46. The smallest absolute Gasteiger partial charge is 0.0625 e. The van der Waals surface area contributed by atoms with Crippen molar-refractivity contribution in [2.45, 2.75) is 0 Å². The van der Waals surface area contributed by atoms with E-state index in [9.17, 15) is 0 Å². The Morgan fingerprint density at radius 1 is 0.234 bits per heavy atom. The molecule has 0 bridgehead atoms. The molecule has 64 heavy (non-hydrogen) atoms. The third-order valence-corrected chi connectivity index (χ3v) is 12.8. The minimum absolute atomic E-state index is 1.09. The summed E-state index contributed by atoms with van der Waals surface area (Å²) in [7, 11) is 0. The monoisotopic (exact) mass is 814 g/mol. The molecule has 0 N–H and O–H groups in total. The molecule has 2 nitrogen and oxygen atoms in total. The molecule has 0 unspecified atom stereocenters. The third kappa shape index (κ3) is 6.52. The number of fused-ring (bicyclic) bond motifs is 8. The molecule has 1 heterocycles. The first kappa shape index (κ1) is 37.3. The molecule has 0 aliphatic rings. The van der Waals surface area contributed by atoms with Crippen molar-refractivity contribution in [3.63, 3.8) is 0 Å². The average Bonchev–Trinajstić information content (AvgIpc) is 3.74. The van der Waals surface area contributed by atoms with Gasteiger partial charge >= 0.3 is 0 Å². The molecule has 0 atom stereocenters. The largest absolute Gasteiger partial charge is 0.311 e. The second kappa shape index (κ2) is 15.8. The van der Waals surface area contributed by atoms with Crippen LogP contribution in [0.1, 0.15) is 0 Å². The average molecular weight is 815 g/mol. The highest BCUT2D eigenvalue weighted by Gasteiger charge is 2.19. The summed E-state index contributed by atoms with van der Waals surface area (Å²) in [5.41, 5.74) is 16.5. The van der Waals surface area contributed by atoms with Crippen LogP contribution in [-0.4, -0.2) is 4.57 Å². The van der Waals surface area contributed by atoms with Gasteiger partial charge in [0, 0.05) is 38.9 Å². The number of hydrogen-bond acceptors (Lipinski definition) is 1. The first-order chi connectivity index (χ1) is 31.7. The van der Waals surface area contributed by atoms with Gasteiger partial charge < -0.3 is 9.47 Å². The van der Waals surface area contributed by atoms with Crippen molar-refractivity contribution >= 4 is 60.4 Å². The van der Waals surface area contributed by atoms with E-state index in [0.717, 1.165) is 22.7 Å². The summed E-state index contributed by atoms with van der Waals surface area (Å²) >= 11 is 0. The molecule has 0 spiro atoms. The van der Waals surface area contributed by atoms with Gasteiger partial charge in [0.25, 0.3) is 0 Å². The van der Waals surface area contributed by atoms with Crippen molar-refractivity contribution in [3.05, 3.63) is 255 Å². The molecule has 1 aromatic heterocycles. The van der Waals surface area contributed by atoms with E-state index in [-0.39, 0.29) is 0 Å². The molecule has 0 amide bonds. The summed E-state index contributed by atoms with van der Waals surface area (Å²) in [6.07, 6.45) is 0. The maximum atomic E-state index is 2.46. The summed E-state index contributed by atoms with van der Waals surface area (Å²) in [6.45, 7) is 0. The number of para-hydroxylation sites is 1. The minimum Gasteiger partial charge on any atom is -0.311 e. The Morgan fingerprint density at radius 3 is 1.00 bits per heavy atom. The van der Waals surface area contributed by atoms with Crippen LogP contribution in [0.25, 0.3) is 93.5 Å². The van der Waals surface area contributed by atoms with Gasteiger partial charge in [-0.2, -0.15) is 0 Å². The highest BCUT2D eigenvalue weighted by Crippen LogP contribution is 2.43. The topological polar surface area (TPSA) is 8.17 Å². The van der Waals surface area contributed by atoms with E-state index >= 15 is 0 Å². The molecule has 0 saturated heterocycles. The van der Waals surface area contributed by atoms with Gasteiger partial charge in [-0.05, 0) is 115 Å². The zero-order valence-electron chi connectivity index (χ0n) is 35.1. The zero-order chi connectivity index (χ0) is 42.4. The van der Waals surface area contributed by atoms with Gasteiger partial charge in [0.1, 0.15) is 0 Å². The van der Waals surface area contributed by atoms with E-state index in [4.69, 9.17) is 0 Å². The van der Waals surface area contributed by atoms with Gasteiger partial charge in [-0.15, -0.1) is 0 Å². The quantitative estimate of drug-likeness (QED) is 0.139. The van der Waals surface area contributed by atoms with E-state index in [0.29, 0.717) is 0 Å². The molecule has 12 rings (SSSR count). The van der Waals surface area contributed by atoms with Crippen LogP contribution in [0.5, 0.6) is 0 Å². The van der Waals surface area contributed by atoms with Crippen LogP contribution in [-0.2, 0) is 0 Å². The summed E-state index contributed by atoms with van der Waals surface area (Å²) in [4.78, 5) is 2.35. The van der Waals surface area contributed by atoms with Crippen LogP contribution in [0.4, 0.5) is 17.1 Å². The van der Waals surface area contributed by atoms with Crippen LogP contribution in [0.15, 0.2) is 255 Å². The Bertz CT molecular complexity index is 3590. The molecular weight excluding hydrogens is 773 g/mol. The van der Waals surface area contributed by atoms with E-state index in [1.165, 1.54) is 87.9 Å².